The highest BCUT2D eigenvalue weighted by molar-refractivity contribution is 4.88. The van der Waals surface area contributed by atoms with Crippen LogP contribution in [0.15, 0.2) is 0 Å². The van der Waals surface area contributed by atoms with Crippen LogP contribution in [-0.2, 0) is 14.4 Å². The van der Waals surface area contributed by atoms with Crippen LogP contribution in [0.5, 0.6) is 0 Å². The van der Waals surface area contributed by atoms with Crippen LogP contribution in [0.3, 0.4) is 0 Å². The average molecular weight is 267 g/mol. The zero-order valence-electron chi connectivity index (χ0n) is 10.2. The molecule has 1 saturated heterocycles. The quantitative estimate of drug-likeness (QED) is 0.266. The molecule has 0 aromatic heterocycles. The van der Waals surface area contributed by atoms with Crippen LogP contribution in [0.1, 0.15) is 19.8 Å². The summed E-state index contributed by atoms with van der Waals surface area (Å²) in [5, 5.41) is 37.5. The van der Waals surface area contributed by atoms with Gasteiger partial charge in [-0.15, -0.1) is 0 Å². The van der Waals surface area contributed by atoms with E-state index in [0.717, 1.165) is 12.8 Å². The molecule has 0 bridgehead atoms. The zero-order valence-corrected chi connectivity index (χ0v) is 10.2. The lowest BCUT2D eigenvalue weighted by Crippen LogP contribution is -2.59. The maximum absolute atomic E-state index is 9.59. The average Bonchev–Trinajstić information content (AvgIpc) is 2.38. The van der Waals surface area contributed by atoms with Gasteiger partial charge in [0.2, 0.25) is 6.29 Å². The maximum Gasteiger partial charge on any atom is 0.209 e. The van der Waals surface area contributed by atoms with E-state index in [9.17, 15) is 15.3 Å². The van der Waals surface area contributed by atoms with Gasteiger partial charge in [0.15, 0.2) is 0 Å². The lowest BCUT2D eigenvalue weighted by atomic mass is 9.99. The number of hydrogen-bond acceptors (Lipinski definition) is 8. The molecule has 0 radical (unpaired) electrons. The molecular formula is C10H21NO7. The minimum Gasteiger partial charge on any atom is -0.394 e. The molecule has 1 heterocycles. The molecule has 0 aliphatic carbocycles. The highest BCUT2D eigenvalue weighted by Crippen LogP contribution is 2.21. The van der Waals surface area contributed by atoms with Gasteiger partial charge in [-0.05, 0) is 6.42 Å². The van der Waals surface area contributed by atoms with E-state index in [1.54, 1.807) is 0 Å². The summed E-state index contributed by atoms with van der Waals surface area (Å²) in [6, 6.07) is 0. The smallest absolute Gasteiger partial charge is 0.209 e. The number of hydrogen-bond donors (Lipinski definition) is 5. The van der Waals surface area contributed by atoms with Crippen molar-refractivity contribution in [3.63, 3.8) is 0 Å². The molecule has 5 atom stereocenters. The van der Waals surface area contributed by atoms with Crippen molar-refractivity contribution < 1.29 is 34.8 Å². The molecule has 0 spiro atoms. The minimum absolute atomic E-state index is 0.425. The molecule has 5 N–H and O–H groups in total. The second-order valence-corrected chi connectivity index (χ2v) is 4.10. The van der Waals surface area contributed by atoms with Gasteiger partial charge < -0.3 is 25.2 Å². The van der Waals surface area contributed by atoms with Crippen molar-refractivity contribution in [2.24, 2.45) is 0 Å². The van der Waals surface area contributed by atoms with E-state index in [1.165, 1.54) is 0 Å². The fraction of sp³-hybridized carbons (Fsp3) is 1.00. The van der Waals surface area contributed by atoms with Crippen molar-refractivity contribution in [2.75, 3.05) is 13.2 Å². The van der Waals surface area contributed by atoms with Gasteiger partial charge in [0.05, 0.1) is 13.2 Å². The highest BCUT2D eigenvalue weighted by Gasteiger charge is 2.44. The van der Waals surface area contributed by atoms with Crippen molar-refractivity contribution >= 4 is 0 Å². The number of nitrogens with one attached hydrogen (secondary N) is 1. The molecule has 0 unspecified atom stereocenters. The summed E-state index contributed by atoms with van der Waals surface area (Å²) in [6.45, 7) is 1.93. The molecule has 1 rings (SSSR count). The Morgan fingerprint density at radius 3 is 2.50 bits per heavy atom. The molecule has 0 aromatic rings. The summed E-state index contributed by atoms with van der Waals surface area (Å²) >= 11 is 0. The van der Waals surface area contributed by atoms with Crippen LogP contribution >= 0.6 is 0 Å². The van der Waals surface area contributed by atoms with Gasteiger partial charge in [0.1, 0.15) is 24.4 Å². The van der Waals surface area contributed by atoms with Crippen molar-refractivity contribution in [1.29, 1.82) is 0 Å². The summed E-state index contributed by atoms with van der Waals surface area (Å²) in [7, 11) is 0. The molecule has 1 aliphatic heterocycles. The fourth-order valence-electron chi connectivity index (χ4n) is 1.50. The van der Waals surface area contributed by atoms with Crippen LogP contribution < -0.4 is 5.64 Å². The van der Waals surface area contributed by atoms with E-state index < -0.39 is 37.3 Å². The van der Waals surface area contributed by atoms with Gasteiger partial charge in [-0.3, -0.25) is 4.84 Å². The lowest BCUT2D eigenvalue weighted by molar-refractivity contribution is -0.348. The first-order chi connectivity index (χ1) is 8.61. The number of unbranched alkanes of at least 4 members (excludes halogenated alkanes) is 1. The molecule has 8 nitrogen and oxygen atoms in total. The van der Waals surface area contributed by atoms with Gasteiger partial charge >= 0.3 is 0 Å². The Hall–Kier alpha value is -0.320. The molecule has 0 aromatic carbocycles. The lowest BCUT2D eigenvalue weighted by Gasteiger charge is -2.38. The first kappa shape index (κ1) is 15.7. The first-order valence-corrected chi connectivity index (χ1v) is 5.94. The van der Waals surface area contributed by atoms with Gasteiger partial charge in [0.25, 0.3) is 0 Å². The van der Waals surface area contributed by atoms with E-state index in [2.05, 4.69) is 5.64 Å². The van der Waals surface area contributed by atoms with Gasteiger partial charge in [0, 0.05) is 0 Å². The summed E-state index contributed by atoms with van der Waals surface area (Å²) in [5.41, 5.74) is 2.14. The van der Waals surface area contributed by atoms with E-state index >= 15 is 0 Å². The van der Waals surface area contributed by atoms with Crippen LogP contribution in [0.2, 0.25) is 0 Å². The highest BCUT2D eigenvalue weighted by atomic mass is 16.9. The second kappa shape index (κ2) is 7.97. The third kappa shape index (κ3) is 4.11. The van der Waals surface area contributed by atoms with E-state index in [1.807, 2.05) is 6.92 Å². The second-order valence-electron chi connectivity index (χ2n) is 4.10. The van der Waals surface area contributed by atoms with Crippen LogP contribution in [-0.4, -0.2) is 64.3 Å². The predicted octanol–water partition coefficient (Wildman–Crippen LogP) is -1.96. The SMILES string of the molecule is CCCCONO[C@H]1O[C@H](CO)[C@@H](O)[C@@H](O)[C@@H]1O. The molecular weight excluding hydrogens is 246 g/mol. The van der Waals surface area contributed by atoms with Crippen molar-refractivity contribution in [1.82, 2.24) is 5.64 Å². The maximum atomic E-state index is 9.59. The minimum atomic E-state index is -1.46. The van der Waals surface area contributed by atoms with Crippen molar-refractivity contribution in [3.05, 3.63) is 0 Å². The summed E-state index contributed by atoms with van der Waals surface area (Å²) < 4.78 is 5.06. The molecule has 0 amide bonds. The molecule has 0 saturated carbocycles. The largest absolute Gasteiger partial charge is 0.394 e. The van der Waals surface area contributed by atoms with Gasteiger partial charge in [-0.25, -0.2) is 4.84 Å². The van der Waals surface area contributed by atoms with E-state index in [4.69, 9.17) is 19.5 Å². The predicted molar refractivity (Wildman–Crippen MR) is 58.8 cm³/mol. The van der Waals surface area contributed by atoms with E-state index in [-0.39, 0.29) is 0 Å². The topological polar surface area (TPSA) is 121 Å². The zero-order chi connectivity index (χ0) is 13.5. The Morgan fingerprint density at radius 1 is 1.17 bits per heavy atom. The number of aliphatic hydroxyl groups is 4. The molecule has 8 heteroatoms. The fourth-order valence-corrected chi connectivity index (χ4v) is 1.50. The Balaban J connectivity index is 2.35. The van der Waals surface area contributed by atoms with Crippen molar-refractivity contribution in [3.8, 4) is 0 Å². The monoisotopic (exact) mass is 267 g/mol. The third-order valence-electron chi connectivity index (χ3n) is 2.67. The third-order valence-corrected chi connectivity index (χ3v) is 2.67. The first-order valence-electron chi connectivity index (χ1n) is 5.94. The van der Waals surface area contributed by atoms with Crippen LogP contribution in [0.4, 0.5) is 0 Å². The molecule has 1 aliphatic rings. The molecule has 108 valence electrons. The van der Waals surface area contributed by atoms with Crippen molar-refractivity contribution in [2.45, 2.75) is 50.5 Å². The standard InChI is InChI=1S/C10H21NO7/c1-2-3-4-16-11-18-10-9(15)8(14)7(13)6(5-12)17-10/h6-15H,2-5H2,1H3/t6-,7-,8-,9+,10-/m1/s1. The number of rotatable bonds is 7. The van der Waals surface area contributed by atoms with E-state index in [0.29, 0.717) is 6.61 Å². The molecule has 18 heavy (non-hydrogen) atoms. The summed E-state index contributed by atoms with van der Waals surface area (Å²) in [5.74, 6) is 0. The molecule has 1 fully saturated rings. The normalized spacial score (nSPS) is 36.8. The number of ether oxygens (including phenoxy) is 1. The van der Waals surface area contributed by atoms with Crippen LogP contribution in [0.25, 0.3) is 0 Å². The Morgan fingerprint density at radius 2 is 1.89 bits per heavy atom. The van der Waals surface area contributed by atoms with Gasteiger partial charge in [-0.1, -0.05) is 19.0 Å². The Labute approximate surface area is 105 Å². The summed E-state index contributed by atoms with van der Waals surface area (Å²) in [4.78, 5) is 9.75. The number of aliphatic hydroxyl groups excluding tert-OH is 4. The Kier molecular flexibility index (Phi) is 6.97. The summed E-state index contributed by atoms with van der Waals surface area (Å²) in [6.07, 6.45) is -4.73. The van der Waals surface area contributed by atoms with Gasteiger partial charge in [-0.2, -0.15) is 0 Å². The Bertz CT molecular complexity index is 228. The van der Waals surface area contributed by atoms with Crippen LogP contribution in [0, 0.1) is 0 Å².